The molecular weight excluding hydrogens is 318 g/mol. The van der Waals surface area contributed by atoms with Gasteiger partial charge in [-0.25, -0.2) is 4.79 Å². The molecule has 0 aromatic carbocycles. The number of urea groups is 1. The number of rotatable bonds is 9. The molecule has 2 heterocycles. The van der Waals surface area contributed by atoms with E-state index in [0.29, 0.717) is 18.3 Å². The van der Waals surface area contributed by atoms with E-state index < -0.39 is 6.03 Å². The summed E-state index contributed by atoms with van der Waals surface area (Å²) in [6, 6.07) is 3.19. The third-order valence-corrected chi connectivity index (χ3v) is 3.89. The summed E-state index contributed by atoms with van der Waals surface area (Å²) in [5.41, 5.74) is 4.87. The topological polar surface area (TPSA) is 123 Å². The van der Waals surface area contributed by atoms with Crippen LogP contribution in [0.25, 0.3) is 10.7 Å². The number of nitrogens with zero attached hydrogens (tertiary/aromatic N) is 2. The summed E-state index contributed by atoms with van der Waals surface area (Å²) in [4.78, 5) is 27.1. The SMILES string of the molecule is NC(=O)NCC(=O)NCCCCCc1nc(-c2cccs2)no1. The van der Waals surface area contributed by atoms with Crippen LogP contribution in [-0.4, -0.2) is 35.2 Å². The number of nitrogens with two attached hydrogens (primary N) is 1. The van der Waals surface area contributed by atoms with Gasteiger partial charge in [-0.2, -0.15) is 4.98 Å². The molecule has 2 rings (SSSR count). The molecule has 23 heavy (non-hydrogen) atoms. The molecule has 2 aromatic heterocycles. The number of thiophene rings is 1. The molecule has 3 amide bonds. The lowest BCUT2D eigenvalue weighted by atomic mass is 10.2. The first kappa shape index (κ1) is 16.9. The van der Waals surface area contributed by atoms with Crippen molar-refractivity contribution in [2.75, 3.05) is 13.1 Å². The maximum absolute atomic E-state index is 11.3. The van der Waals surface area contributed by atoms with Crippen molar-refractivity contribution >= 4 is 23.3 Å². The summed E-state index contributed by atoms with van der Waals surface area (Å²) in [5.74, 6) is 1.01. The minimum atomic E-state index is -0.707. The van der Waals surface area contributed by atoms with Gasteiger partial charge in [-0.15, -0.1) is 11.3 Å². The van der Waals surface area contributed by atoms with Crippen LogP contribution in [0.15, 0.2) is 22.0 Å². The smallest absolute Gasteiger partial charge is 0.312 e. The Morgan fingerprint density at radius 1 is 1.26 bits per heavy atom. The van der Waals surface area contributed by atoms with Crippen LogP contribution in [0.4, 0.5) is 4.79 Å². The summed E-state index contributed by atoms with van der Waals surface area (Å²) in [6.45, 7) is 0.465. The second-order valence-electron chi connectivity index (χ2n) is 4.87. The van der Waals surface area contributed by atoms with Crippen LogP contribution in [0.5, 0.6) is 0 Å². The fourth-order valence-electron chi connectivity index (χ4n) is 1.90. The molecule has 0 saturated carbocycles. The third-order valence-electron chi connectivity index (χ3n) is 3.02. The lowest BCUT2D eigenvalue weighted by Crippen LogP contribution is -2.39. The van der Waals surface area contributed by atoms with E-state index in [0.717, 1.165) is 30.6 Å². The van der Waals surface area contributed by atoms with Crippen molar-refractivity contribution in [1.82, 2.24) is 20.8 Å². The van der Waals surface area contributed by atoms with E-state index in [9.17, 15) is 9.59 Å². The van der Waals surface area contributed by atoms with Crippen molar-refractivity contribution in [3.63, 3.8) is 0 Å². The number of aromatic nitrogens is 2. The number of amides is 3. The van der Waals surface area contributed by atoms with Crippen LogP contribution < -0.4 is 16.4 Å². The molecule has 0 spiro atoms. The molecule has 0 radical (unpaired) electrons. The zero-order valence-electron chi connectivity index (χ0n) is 12.6. The molecule has 2 aromatic rings. The van der Waals surface area contributed by atoms with Crippen LogP contribution in [0.3, 0.4) is 0 Å². The Kier molecular flexibility index (Phi) is 6.55. The minimum absolute atomic E-state index is 0.0944. The fraction of sp³-hybridized carbons (Fsp3) is 0.429. The van der Waals surface area contributed by atoms with Crippen LogP contribution in [0, 0.1) is 0 Å². The molecule has 124 valence electrons. The molecule has 0 bridgehead atoms. The predicted octanol–water partition coefficient (Wildman–Crippen LogP) is 1.30. The molecule has 0 atom stereocenters. The number of unbranched alkanes of at least 4 members (excludes halogenated alkanes) is 2. The summed E-state index contributed by atoms with van der Waals surface area (Å²) >= 11 is 1.57. The van der Waals surface area contributed by atoms with Gasteiger partial charge < -0.3 is 20.9 Å². The van der Waals surface area contributed by atoms with Gasteiger partial charge in [-0.1, -0.05) is 17.6 Å². The highest BCUT2D eigenvalue weighted by Gasteiger charge is 2.08. The fourth-order valence-corrected chi connectivity index (χ4v) is 2.55. The van der Waals surface area contributed by atoms with Crippen molar-refractivity contribution < 1.29 is 14.1 Å². The zero-order valence-corrected chi connectivity index (χ0v) is 13.4. The van der Waals surface area contributed by atoms with Crippen molar-refractivity contribution in [3.05, 3.63) is 23.4 Å². The van der Waals surface area contributed by atoms with Gasteiger partial charge in [0.15, 0.2) is 0 Å². The van der Waals surface area contributed by atoms with Gasteiger partial charge in [0.05, 0.1) is 11.4 Å². The van der Waals surface area contributed by atoms with Crippen molar-refractivity contribution in [2.24, 2.45) is 5.73 Å². The van der Waals surface area contributed by atoms with E-state index in [2.05, 4.69) is 20.8 Å². The molecule has 0 aliphatic rings. The molecule has 0 saturated heterocycles. The average molecular weight is 337 g/mol. The predicted molar refractivity (Wildman–Crippen MR) is 85.8 cm³/mol. The van der Waals surface area contributed by atoms with E-state index in [1.807, 2.05) is 17.5 Å². The highest BCUT2D eigenvalue weighted by molar-refractivity contribution is 7.13. The lowest BCUT2D eigenvalue weighted by molar-refractivity contribution is -0.120. The summed E-state index contributed by atoms with van der Waals surface area (Å²) in [6.07, 6.45) is 3.39. The molecule has 4 N–H and O–H groups in total. The number of hydrogen-bond donors (Lipinski definition) is 3. The number of nitrogens with one attached hydrogen (secondary N) is 2. The molecule has 8 nitrogen and oxygen atoms in total. The maximum Gasteiger partial charge on any atom is 0.312 e. The number of aryl methyl sites for hydroxylation is 1. The lowest BCUT2D eigenvalue weighted by Gasteiger charge is -2.04. The van der Waals surface area contributed by atoms with Gasteiger partial charge in [0.2, 0.25) is 17.6 Å². The van der Waals surface area contributed by atoms with Crippen LogP contribution >= 0.6 is 11.3 Å². The monoisotopic (exact) mass is 337 g/mol. The quantitative estimate of drug-likeness (QED) is 0.595. The molecule has 0 aliphatic carbocycles. The molecule has 0 aliphatic heterocycles. The first-order chi connectivity index (χ1) is 11.1. The maximum atomic E-state index is 11.3. The number of carbonyl (C=O) groups excluding carboxylic acids is 2. The van der Waals surface area contributed by atoms with Crippen molar-refractivity contribution in [3.8, 4) is 10.7 Å². The number of primary amides is 1. The van der Waals surface area contributed by atoms with Gasteiger partial charge in [-0.3, -0.25) is 4.79 Å². The summed E-state index contributed by atoms with van der Waals surface area (Å²) in [7, 11) is 0. The Labute approximate surface area is 137 Å². The van der Waals surface area contributed by atoms with Crippen molar-refractivity contribution in [2.45, 2.75) is 25.7 Å². The highest BCUT2D eigenvalue weighted by atomic mass is 32.1. The normalized spacial score (nSPS) is 10.4. The van der Waals surface area contributed by atoms with Gasteiger partial charge in [0, 0.05) is 13.0 Å². The minimum Gasteiger partial charge on any atom is -0.355 e. The molecule has 0 fully saturated rings. The van der Waals surface area contributed by atoms with Gasteiger partial charge in [0.25, 0.3) is 0 Å². The van der Waals surface area contributed by atoms with Crippen LogP contribution in [0.1, 0.15) is 25.2 Å². The first-order valence-electron chi connectivity index (χ1n) is 7.31. The summed E-state index contributed by atoms with van der Waals surface area (Å²) in [5, 5.41) is 10.9. The Morgan fingerprint density at radius 3 is 2.87 bits per heavy atom. The Morgan fingerprint density at radius 2 is 2.13 bits per heavy atom. The van der Waals surface area contributed by atoms with E-state index in [1.165, 1.54) is 0 Å². The number of hydrogen-bond acceptors (Lipinski definition) is 6. The summed E-state index contributed by atoms with van der Waals surface area (Å²) < 4.78 is 5.21. The van der Waals surface area contributed by atoms with Crippen molar-refractivity contribution in [1.29, 1.82) is 0 Å². The first-order valence-corrected chi connectivity index (χ1v) is 8.19. The van der Waals surface area contributed by atoms with E-state index in [1.54, 1.807) is 11.3 Å². The third kappa shape index (κ3) is 6.07. The average Bonchev–Trinajstić information content (AvgIpc) is 3.19. The number of carbonyl (C=O) groups is 2. The zero-order chi connectivity index (χ0) is 16.5. The Balaban J connectivity index is 1.56. The van der Waals surface area contributed by atoms with E-state index in [-0.39, 0.29) is 12.5 Å². The van der Waals surface area contributed by atoms with E-state index in [4.69, 9.17) is 10.3 Å². The van der Waals surface area contributed by atoms with Crippen LogP contribution in [0.2, 0.25) is 0 Å². The molecular formula is C14H19N5O3S. The van der Waals surface area contributed by atoms with Crippen LogP contribution in [-0.2, 0) is 11.2 Å². The second-order valence-corrected chi connectivity index (χ2v) is 5.82. The Hall–Kier alpha value is -2.42. The standard InChI is InChI=1S/C14H19N5O3S/c15-14(21)17-9-11(20)16-7-3-1-2-6-12-18-13(19-22-12)10-5-4-8-23-10/h4-5,8H,1-3,6-7,9H2,(H,16,20)(H3,15,17,21). The van der Waals surface area contributed by atoms with E-state index >= 15 is 0 Å². The molecule has 0 unspecified atom stereocenters. The highest BCUT2D eigenvalue weighted by Crippen LogP contribution is 2.21. The van der Waals surface area contributed by atoms with Gasteiger partial charge in [0.1, 0.15) is 0 Å². The second kappa shape index (κ2) is 8.89. The van der Waals surface area contributed by atoms with Gasteiger partial charge >= 0.3 is 6.03 Å². The largest absolute Gasteiger partial charge is 0.355 e. The Bertz CT molecular complexity index is 626. The van der Waals surface area contributed by atoms with Gasteiger partial charge in [-0.05, 0) is 24.3 Å². The molecule has 9 heteroatoms.